The van der Waals surface area contributed by atoms with E-state index in [0.717, 1.165) is 6.07 Å². The molecular weight excluding hydrogens is 230 g/mol. The second kappa shape index (κ2) is 4.62. The topological polar surface area (TPSA) is 26.3 Å². The van der Waals surface area contributed by atoms with Crippen LogP contribution in [-0.2, 0) is 0 Å². The first kappa shape index (κ1) is 11.3. The van der Waals surface area contributed by atoms with Crippen LogP contribution < -0.4 is 4.74 Å². The Labute approximate surface area is 90.6 Å². The quantitative estimate of drug-likeness (QED) is 0.753. The molecule has 0 aliphatic carbocycles. The van der Waals surface area contributed by atoms with Gasteiger partial charge in [0.1, 0.15) is 5.82 Å². The Bertz CT molecular complexity index is 366. The number of aldehydes is 1. The van der Waals surface area contributed by atoms with E-state index < -0.39 is 5.82 Å². The minimum Gasteiger partial charge on any atom is -0.491 e. The summed E-state index contributed by atoms with van der Waals surface area (Å²) in [6, 6.07) is 1.00. The third kappa shape index (κ3) is 1.99. The Kier molecular flexibility index (Phi) is 3.72. The van der Waals surface area contributed by atoms with Gasteiger partial charge in [0.2, 0.25) is 0 Å². The zero-order chi connectivity index (χ0) is 10.7. The molecule has 76 valence electrons. The van der Waals surface area contributed by atoms with E-state index in [2.05, 4.69) is 0 Å². The largest absolute Gasteiger partial charge is 0.491 e. The number of hydrogen-bond acceptors (Lipinski definition) is 2. The number of halogens is 3. The Morgan fingerprint density at radius 1 is 1.57 bits per heavy atom. The molecule has 0 aliphatic rings. The van der Waals surface area contributed by atoms with Gasteiger partial charge in [-0.15, -0.1) is 0 Å². The van der Waals surface area contributed by atoms with Gasteiger partial charge in [-0.1, -0.05) is 23.2 Å². The van der Waals surface area contributed by atoms with Crippen LogP contribution in [0.2, 0.25) is 10.0 Å². The third-order valence-electron chi connectivity index (χ3n) is 1.57. The van der Waals surface area contributed by atoms with Crippen LogP contribution in [0.1, 0.15) is 17.3 Å². The van der Waals surface area contributed by atoms with Gasteiger partial charge in [0.05, 0.1) is 22.2 Å². The average Bonchev–Trinajstić information content (AvgIpc) is 2.12. The zero-order valence-electron chi connectivity index (χ0n) is 7.31. The Morgan fingerprint density at radius 3 is 2.71 bits per heavy atom. The van der Waals surface area contributed by atoms with Crippen LogP contribution in [0, 0.1) is 5.82 Å². The van der Waals surface area contributed by atoms with Gasteiger partial charge in [-0.25, -0.2) is 4.39 Å². The monoisotopic (exact) mass is 236 g/mol. The van der Waals surface area contributed by atoms with Crippen molar-refractivity contribution in [3.63, 3.8) is 0 Å². The van der Waals surface area contributed by atoms with Gasteiger partial charge in [-0.2, -0.15) is 0 Å². The molecule has 0 heterocycles. The molecule has 1 aromatic rings. The smallest absolute Gasteiger partial charge is 0.157 e. The first-order chi connectivity index (χ1) is 6.61. The van der Waals surface area contributed by atoms with Crippen LogP contribution in [0.15, 0.2) is 6.07 Å². The number of rotatable bonds is 3. The molecule has 0 saturated heterocycles. The van der Waals surface area contributed by atoms with Gasteiger partial charge >= 0.3 is 0 Å². The third-order valence-corrected chi connectivity index (χ3v) is 2.23. The summed E-state index contributed by atoms with van der Waals surface area (Å²) in [7, 11) is 0. The molecule has 0 radical (unpaired) electrons. The lowest BCUT2D eigenvalue weighted by atomic mass is 10.2. The molecule has 0 bridgehead atoms. The molecule has 0 N–H and O–H groups in total. The molecule has 0 aliphatic heterocycles. The van der Waals surface area contributed by atoms with Gasteiger partial charge in [0.25, 0.3) is 0 Å². The fraction of sp³-hybridized carbons (Fsp3) is 0.222. The SMILES string of the molecule is CCOc1c(Cl)cc(F)c(C=O)c1Cl. The number of carbonyl (C=O) groups is 1. The minimum absolute atomic E-state index is 0.0555. The summed E-state index contributed by atoms with van der Waals surface area (Å²) < 4.78 is 18.2. The van der Waals surface area contributed by atoms with Crippen molar-refractivity contribution in [3.8, 4) is 5.75 Å². The lowest BCUT2D eigenvalue weighted by Gasteiger charge is -2.09. The number of benzene rings is 1. The molecular formula is C9H7Cl2FO2. The maximum absolute atomic E-state index is 13.1. The van der Waals surface area contributed by atoms with Crippen LogP contribution in [0.5, 0.6) is 5.75 Å². The molecule has 0 aromatic heterocycles. The first-order valence-electron chi connectivity index (χ1n) is 3.87. The molecule has 0 saturated carbocycles. The summed E-state index contributed by atoms with van der Waals surface area (Å²) >= 11 is 11.4. The highest BCUT2D eigenvalue weighted by Gasteiger charge is 2.16. The standard InChI is InChI=1S/C9H7Cl2FO2/c1-2-14-9-6(10)3-7(12)5(4-13)8(9)11/h3-4H,2H2,1H3. The molecule has 0 unspecified atom stereocenters. The van der Waals surface area contributed by atoms with E-state index in [4.69, 9.17) is 27.9 Å². The Balaban J connectivity index is 3.35. The van der Waals surface area contributed by atoms with E-state index in [1.165, 1.54) is 0 Å². The number of ether oxygens (including phenoxy) is 1. The van der Waals surface area contributed by atoms with Crippen molar-refractivity contribution in [3.05, 3.63) is 27.5 Å². The highest BCUT2D eigenvalue weighted by Crippen LogP contribution is 2.36. The van der Waals surface area contributed by atoms with Gasteiger partial charge in [-0.05, 0) is 13.0 Å². The van der Waals surface area contributed by atoms with Crippen LogP contribution in [-0.4, -0.2) is 12.9 Å². The molecule has 5 heteroatoms. The van der Waals surface area contributed by atoms with Crippen molar-refractivity contribution in [2.45, 2.75) is 6.92 Å². The second-order valence-electron chi connectivity index (χ2n) is 2.45. The maximum Gasteiger partial charge on any atom is 0.157 e. The van der Waals surface area contributed by atoms with Crippen LogP contribution >= 0.6 is 23.2 Å². The van der Waals surface area contributed by atoms with Crippen molar-refractivity contribution < 1.29 is 13.9 Å². The van der Waals surface area contributed by atoms with Crippen molar-refractivity contribution in [1.82, 2.24) is 0 Å². The lowest BCUT2D eigenvalue weighted by Crippen LogP contribution is -1.98. The van der Waals surface area contributed by atoms with Crippen molar-refractivity contribution in [2.75, 3.05) is 6.61 Å². The van der Waals surface area contributed by atoms with Crippen molar-refractivity contribution >= 4 is 29.5 Å². The number of hydrogen-bond donors (Lipinski definition) is 0. The highest BCUT2D eigenvalue weighted by atomic mass is 35.5. The van der Waals surface area contributed by atoms with Gasteiger partial charge in [-0.3, -0.25) is 4.79 Å². The molecule has 0 fully saturated rings. The first-order valence-corrected chi connectivity index (χ1v) is 4.62. The van der Waals surface area contributed by atoms with E-state index in [0.29, 0.717) is 12.9 Å². The Morgan fingerprint density at radius 2 is 2.21 bits per heavy atom. The maximum atomic E-state index is 13.1. The normalized spacial score (nSPS) is 10.0. The van der Waals surface area contributed by atoms with Gasteiger partial charge < -0.3 is 4.74 Å². The predicted octanol–water partition coefficient (Wildman–Crippen LogP) is 3.34. The predicted molar refractivity (Wildman–Crippen MR) is 53.0 cm³/mol. The number of carbonyl (C=O) groups excluding carboxylic acids is 1. The van der Waals surface area contributed by atoms with E-state index >= 15 is 0 Å². The summed E-state index contributed by atoms with van der Waals surface area (Å²) in [5.41, 5.74) is -0.237. The van der Waals surface area contributed by atoms with E-state index in [1.807, 2.05) is 0 Å². The van der Waals surface area contributed by atoms with Crippen molar-refractivity contribution in [2.24, 2.45) is 0 Å². The molecule has 0 atom stereocenters. The Hall–Kier alpha value is -0.800. The molecule has 0 spiro atoms. The fourth-order valence-electron chi connectivity index (χ4n) is 0.971. The molecule has 14 heavy (non-hydrogen) atoms. The highest BCUT2D eigenvalue weighted by molar-refractivity contribution is 6.38. The molecule has 2 nitrogen and oxygen atoms in total. The zero-order valence-corrected chi connectivity index (χ0v) is 8.82. The molecule has 1 aromatic carbocycles. The summed E-state index contributed by atoms with van der Waals surface area (Å²) in [6.07, 6.45) is 0.330. The second-order valence-corrected chi connectivity index (χ2v) is 3.23. The molecule has 1 rings (SSSR count). The summed E-state index contributed by atoms with van der Waals surface area (Å²) in [5, 5.41) is -0.0354. The van der Waals surface area contributed by atoms with Crippen LogP contribution in [0.3, 0.4) is 0 Å². The van der Waals surface area contributed by atoms with E-state index in [1.54, 1.807) is 6.92 Å². The van der Waals surface area contributed by atoms with E-state index in [-0.39, 0.29) is 21.4 Å². The fourth-order valence-corrected chi connectivity index (χ4v) is 1.56. The molecule has 0 amide bonds. The average molecular weight is 237 g/mol. The van der Waals surface area contributed by atoms with Crippen LogP contribution in [0.4, 0.5) is 4.39 Å². The minimum atomic E-state index is -0.751. The summed E-state index contributed by atoms with van der Waals surface area (Å²) in [5.74, 6) is -0.613. The lowest BCUT2D eigenvalue weighted by molar-refractivity contribution is 0.111. The van der Waals surface area contributed by atoms with Gasteiger partial charge in [0.15, 0.2) is 12.0 Å². The summed E-state index contributed by atoms with van der Waals surface area (Å²) in [4.78, 5) is 10.5. The van der Waals surface area contributed by atoms with Crippen molar-refractivity contribution in [1.29, 1.82) is 0 Å². The van der Waals surface area contributed by atoms with Gasteiger partial charge in [0, 0.05) is 0 Å². The summed E-state index contributed by atoms with van der Waals surface area (Å²) in [6.45, 7) is 2.07. The van der Waals surface area contributed by atoms with Crippen LogP contribution in [0.25, 0.3) is 0 Å². The van der Waals surface area contributed by atoms with E-state index in [9.17, 15) is 9.18 Å².